The lowest BCUT2D eigenvalue weighted by Crippen LogP contribution is -2.43. The van der Waals surface area contributed by atoms with Crippen LogP contribution in [0.15, 0.2) is 105 Å². The third kappa shape index (κ3) is 8.24. The molecular weight excluding hydrogens is 785 g/mol. The summed E-state index contributed by atoms with van der Waals surface area (Å²) in [4.78, 5) is 17.3. The lowest BCUT2D eigenvalue weighted by Gasteiger charge is -2.35. The average molecular weight is 831 g/mol. The van der Waals surface area contributed by atoms with Gasteiger partial charge in [-0.25, -0.2) is 13.8 Å². The molecule has 6 nitrogen and oxygen atoms in total. The summed E-state index contributed by atoms with van der Waals surface area (Å²) in [6.45, 7) is 12.1. The molecule has 50 heavy (non-hydrogen) atoms. The predicted molar refractivity (Wildman–Crippen MR) is 215 cm³/mol. The van der Waals surface area contributed by atoms with Crippen molar-refractivity contribution in [1.29, 1.82) is 0 Å². The van der Waals surface area contributed by atoms with Crippen molar-refractivity contribution >= 4 is 63.2 Å². The lowest BCUT2D eigenvalue weighted by atomic mass is 9.76. The van der Waals surface area contributed by atoms with Gasteiger partial charge in [-0.05, 0) is 93.7 Å². The van der Waals surface area contributed by atoms with Crippen molar-refractivity contribution in [1.82, 2.24) is 15.5 Å². The zero-order valence-electron chi connectivity index (χ0n) is 28.9. The molecule has 1 saturated heterocycles. The zero-order valence-corrected chi connectivity index (χ0v) is 32.6. The van der Waals surface area contributed by atoms with Crippen LogP contribution in [0.25, 0.3) is 0 Å². The Morgan fingerprint density at radius 1 is 1.30 bits per heavy atom. The molecule has 1 aromatic carbocycles. The molecule has 0 saturated carbocycles. The topological polar surface area (TPSA) is 64.4 Å². The molecule has 0 aromatic heterocycles. The van der Waals surface area contributed by atoms with E-state index in [2.05, 4.69) is 70.7 Å². The second-order valence-electron chi connectivity index (χ2n) is 14.0. The number of allylic oxidation sites excluding steroid dienone is 6. The van der Waals surface area contributed by atoms with Crippen molar-refractivity contribution in [3.63, 3.8) is 0 Å². The van der Waals surface area contributed by atoms with Gasteiger partial charge in [0.1, 0.15) is 29.2 Å². The fourth-order valence-electron chi connectivity index (χ4n) is 7.81. The van der Waals surface area contributed by atoms with Crippen LogP contribution in [0.1, 0.15) is 64.5 Å². The van der Waals surface area contributed by atoms with Gasteiger partial charge in [-0.1, -0.05) is 71.1 Å². The second-order valence-corrected chi connectivity index (χ2v) is 16.5. The molecule has 0 aliphatic carbocycles. The first-order chi connectivity index (χ1) is 24.1. The highest BCUT2D eigenvalue weighted by molar-refractivity contribution is 14.1. The summed E-state index contributed by atoms with van der Waals surface area (Å²) >= 11 is 10.9. The molecule has 0 amide bonds. The Morgan fingerprint density at radius 3 is 2.82 bits per heavy atom. The fourth-order valence-corrected chi connectivity index (χ4v) is 10.1. The van der Waals surface area contributed by atoms with Crippen molar-refractivity contribution in [2.45, 2.75) is 76.5 Å². The third-order valence-corrected chi connectivity index (χ3v) is 12.1. The summed E-state index contributed by atoms with van der Waals surface area (Å²) in [5, 5.41) is 9.57. The molecule has 0 bridgehead atoms. The van der Waals surface area contributed by atoms with Crippen LogP contribution < -0.4 is 10.6 Å². The number of amidine groups is 1. The smallest absolute Gasteiger partial charge is 0.138 e. The molecule has 1 fully saturated rings. The van der Waals surface area contributed by atoms with E-state index in [4.69, 9.17) is 26.6 Å². The first kappa shape index (κ1) is 37.2. The molecule has 6 rings (SSSR count). The molecule has 0 radical (unpaired) electrons. The monoisotopic (exact) mass is 830 g/mol. The number of aliphatic imine (C=N–C) groups is 3. The van der Waals surface area contributed by atoms with Crippen LogP contribution in [0.2, 0.25) is 5.02 Å². The maximum absolute atomic E-state index is 14.3. The van der Waals surface area contributed by atoms with Crippen molar-refractivity contribution in [2.75, 3.05) is 17.5 Å². The molecule has 1 aromatic rings. The van der Waals surface area contributed by atoms with Gasteiger partial charge in [0, 0.05) is 68.8 Å². The van der Waals surface area contributed by atoms with Crippen molar-refractivity contribution < 1.29 is 8.78 Å². The Balaban J connectivity index is 1.27. The normalized spacial score (nSPS) is 26.5. The molecule has 5 aliphatic heterocycles. The van der Waals surface area contributed by atoms with Gasteiger partial charge in [0.25, 0.3) is 0 Å². The largest absolute Gasteiger partial charge is 0.372 e. The van der Waals surface area contributed by atoms with Gasteiger partial charge in [0.05, 0.1) is 11.4 Å². The number of benzene rings is 1. The Morgan fingerprint density at radius 2 is 2.14 bits per heavy atom. The maximum Gasteiger partial charge on any atom is 0.138 e. The number of fused-ring (bicyclic) bond motifs is 1. The number of thioether (sulfide) groups is 1. The van der Waals surface area contributed by atoms with E-state index in [1.807, 2.05) is 30.0 Å². The summed E-state index contributed by atoms with van der Waals surface area (Å²) in [7, 11) is 0. The Labute approximate surface area is 318 Å². The van der Waals surface area contributed by atoms with E-state index in [0.717, 1.165) is 72.4 Å². The van der Waals surface area contributed by atoms with Crippen LogP contribution in [-0.2, 0) is 0 Å². The number of nitrogens with zero attached hydrogens (tertiary/aromatic N) is 4. The molecule has 266 valence electrons. The zero-order chi connectivity index (χ0) is 35.4. The van der Waals surface area contributed by atoms with E-state index in [9.17, 15) is 8.78 Å². The van der Waals surface area contributed by atoms with E-state index in [-0.39, 0.29) is 22.6 Å². The molecule has 5 unspecified atom stereocenters. The minimum absolute atomic E-state index is 0.0721. The van der Waals surface area contributed by atoms with Crippen molar-refractivity contribution in [3.05, 3.63) is 106 Å². The molecular formula is C39H46ClF2IN6S. The van der Waals surface area contributed by atoms with Crippen LogP contribution in [-0.4, -0.2) is 57.3 Å². The summed E-state index contributed by atoms with van der Waals surface area (Å²) in [5.41, 5.74) is 5.47. The van der Waals surface area contributed by atoms with Crippen molar-refractivity contribution in [3.8, 4) is 0 Å². The molecule has 2 N–H and O–H groups in total. The van der Waals surface area contributed by atoms with Gasteiger partial charge in [-0.3, -0.25) is 9.98 Å². The lowest BCUT2D eigenvalue weighted by molar-refractivity contribution is 0.327. The third-order valence-electron chi connectivity index (χ3n) is 10.3. The Hall–Kier alpha value is -2.54. The minimum Gasteiger partial charge on any atom is -0.372 e. The molecule has 5 aliphatic rings. The van der Waals surface area contributed by atoms with E-state index >= 15 is 0 Å². The first-order valence-corrected chi connectivity index (χ1v) is 20.3. The van der Waals surface area contributed by atoms with Crippen LogP contribution in [0.4, 0.5) is 8.78 Å². The average Bonchev–Trinajstić information content (AvgIpc) is 3.90. The first-order valence-electron chi connectivity index (χ1n) is 17.5. The number of rotatable bonds is 15. The van der Waals surface area contributed by atoms with Gasteiger partial charge in [0.15, 0.2) is 0 Å². The number of hydrogen-bond acceptors (Lipinski definition) is 7. The fraction of sp³-hybridized carbons (Fsp3) is 0.462. The van der Waals surface area contributed by atoms with Crippen molar-refractivity contribution in [2.24, 2.45) is 32.2 Å². The van der Waals surface area contributed by atoms with Gasteiger partial charge in [-0.2, -0.15) is 0 Å². The van der Waals surface area contributed by atoms with Crippen LogP contribution in [0.3, 0.4) is 0 Å². The van der Waals surface area contributed by atoms with Gasteiger partial charge < -0.3 is 15.5 Å². The second kappa shape index (κ2) is 16.4. The van der Waals surface area contributed by atoms with Crippen LogP contribution >= 0.6 is 46.0 Å². The summed E-state index contributed by atoms with van der Waals surface area (Å²) in [6.07, 6.45) is 17.2. The van der Waals surface area contributed by atoms with Gasteiger partial charge in [-0.15, -0.1) is 6.58 Å². The summed E-state index contributed by atoms with van der Waals surface area (Å²) in [5.74, 6) is 1.06. The van der Waals surface area contributed by atoms with Crippen LogP contribution in [0.5, 0.6) is 0 Å². The number of alkyl halides is 2. The predicted octanol–water partition coefficient (Wildman–Crippen LogP) is 9.65. The summed E-state index contributed by atoms with van der Waals surface area (Å²) < 4.78 is 29.4. The quantitative estimate of drug-likeness (QED) is 0.105. The number of nitrogens with one attached hydrogen (secondary N) is 2. The molecule has 5 heterocycles. The summed E-state index contributed by atoms with van der Waals surface area (Å²) in [6, 6.07) is 4.34. The number of halogens is 4. The molecule has 7 atom stereocenters. The minimum atomic E-state index is -1.13. The number of hydrogen-bond donors (Lipinski definition) is 2. The SMILES string of the molecule is C=CC(CCNC(C)CC(C)(CCI)C1=NC=CC1)[C@H]1CC2=C(C3=N/C(=C\C(C)F)C=C3)[C@H](c3ccc(F)cc3Cl)N=C(C3NC=CS3)N2C1. The van der Waals surface area contributed by atoms with Crippen LogP contribution in [0, 0.1) is 23.1 Å². The molecule has 11 heteroatoms. The highest BCUT2D eigenvalue weighted by Gasteiger charge is 2.44. The van der Waals surface area contributed by atoms with E-state index in [1.54, 1.807) is 17.8 Å². The van der Waals surface area contributed by atoms with E-state index in [1.165, 1.54) is 30.8 Å². The standard InChI is InChI=1S/C39H46ClF2IN6S/c1-5-26(12-16-44-25(3)22-39(4,13-14-43)34-7-6-15-45-34)27-20-33-35(32-11-9-29(47-32)19-24(2)41)36(30-10-8-28(42)21-31(30)40)48-37(49(33)23-27)38-46-17-18-50-38/h5-6,8-11,15,17-19,21,24-27,36,38,44,46H,1,7,12-14,16,20,22-23H2,2-4H3/b29-19-/t24?,25?,26?,27-,36-,38?,39?/m0/s1. The molecule has 0 spiro atoms. The van der Waals surface area contributed by atoms with Gasteiger partial charge >= 0.3 is 0 Å². The highest BCUT2D eigenvalue weighted by atomic mass is 127. The van der Waals surface area contributed by atoms with E-state index in [0.29, 0.717) is 22.3 Å². The van der Waals surface area contributed by atoms with Gasteiger partial charge in [0.2, 0.25) is 0 Å². The maximum atomic E-state index is 14.3. The van der Waals surface area contributed by atoms with E-state index < -0.39 is 18.0 Å². The Kier molecular flexibility index (Phi) is 12.2. The highest BCUT2D eigenvalue weighted by Crippen LogP contribution is 2.47. The Bertz CT molecular complexity index is 1710.